The number of carbonyl (C=O) groups is 1. The molecule has 25 heavy (non-hydrogen) atoms. The quantitative estimate of drug-likeness (QED) is 0.448. The van der Waals surface area contributed by atoms with E-state index in [4.69, 9.17) is 9.47 Å². The van der Waals surface area contributed by atoms with Gasteiger partial charge in [0, 0.05) is 12.3 Å². The minimum absolute atomic E-state index is 0.0252. The van der Waals surface area contributed by atoms with Crippen LogP contribution in [0.3, 0.4) is 0 Å². The molecular weight excluding hydrogens is 312 g/mol. The fourth-order valence-corrected chi connectivity index (χ4v) is 3.50. The Balaban J connectivity index is 1.98. The van der Waals surface area contributed by atoms with Gasteiger partial charge >= 0.3 is 5.97 Å². The lowest BCUT2D eigenvalue weighted by atomic mass is 9.81. The van der Waals surface area contributed by atoms with Crippen LogP contribution in [0, 0.1) is 0 Å². The van der Waals surface area contributed by atoms with Crippen LogP contribution >= 0.6 is 0 Å². The van der Waals surface area contributed by atoms with Crippen molar-refractivity contribution in [1.29, 1.82) is 0 Å². The third-order valence-corrected chi connectivity index (χ3v) is 4.70. The minimum atomic E-state index is -0.192. The summed E-state index contributed by atoms with van der Waals surface area (Å²) in [6.45, 7) is 8.30. The van der Waals surface area contributed by atoms with Crippen molar-refractivity contribution < 1.29 is 14.3 Å². The van der Waals surface area contributed by atoms with Crippen molar-refractivity contribution in [3.8, 4) is 5.75 Å². The van der Waals surface area contributed by atoms with E-state index in [1.165, 1.54) is 12.0 Å². The first-order chi connectivity index (χ1) is 11.9. The van der Waals surface area contributed by atoms with Crippen molar-refractivity contribution in [1.82, 2.24) is 0 Å². The summed E-state index contributed by atoms with van der Waals surface area (Å²) in [7, 11) is 0. The fraction of sp³-hybridized carbons (Fsp3) is 0.682. The number of unbranched alkanes of at least 4 members (excludes halogenated alkanes) is 2. The maximum Gasteiger partial charge on any atom is 0.306 e. The Morgan fingerprint density at radius 1 is 1.08 bits per heavy atom. The van der Waals surface area contributed by atoms with Gasteiger partial charge in [0.1, 0.15) is 17.5 Å². The zero-order valence-corrected chi connectivity index (χ0v) is 16.3. The summed E-state index contributed by atoms with van der Waals surface area (Å²) >= 11 is 0. The maximum absolute atomic E-state index is 12.1. The van der Waals surface area contributed by atoms with Gasteiger partial charge in [-0.15, -0.1) is 0 Å². The summed E-state index contributed by atoms with van der Waals surface area (Å²) in [6, 6.07) is 8.34. The molecule has 0 N–H and O–H groups in total. The smallest absolute Gasteiger partial charge is 0.306 e. The standard InChI is InChI=1S/C22H34O3/c1-5-6-7-12-21(23)24-20-11-9-8-10-19(20)17-13-15-18(16-14-17)25-22(2,3)4/h13-16,19-20H,5-12H2,1-4H3/t19-,20+/m1/s1. The average molecular weight is 347 g/mol. The van der Waals surface area contributed by atoms with Crippen molar-refractivity contribution in [2.45, 2.75) is 96.7 Å². The van der Waals surface area contributed by atoms with E-state index in [-0.39, 0.29) is 17.7 Å². The molecule has 0 radical (unpaired) electrons. The highest BCUT2D eigenvalue weighted by atomic mass is 16.5. The van der Waals surface area contributed by atoms with E-state index in [9.17, 15) is 4.79 Å². The van der Waals surface area contributed by atoms with E-state index in [1.807, 2.05) is 12.1 Å². The topological polar surface area (TPSA) is 35.5 Å². The van der Waals surface area contributed by atoms with Crippen LogP contribution in [-0.2, 0) is 9.53 Å². The molecule has 0 bridgehead atoms. The maximum atomic E-state index is 12.1. The second-order valence-electron chi connectivity index (χ2n) is 8.16. The molecule has 0 saturated heterocycles. The molecule has 1 aromatic rings. The average Bonchev–Trinajstić information content (AvgIpc) is 2.55. The Bertz CT molecular complexity index is 527. The largest absolute Gasteiger partial charge is 0.488 e. The van der Waals surface area contributed by atoms with Gasteiger partial charge in [-0.2, -0.15) is 0 Å². The molecule has 0 amide bonds. The number of rotatable bonds is 7. The molecule has 0 aromatic heterocycles. The van der Waals surface area contributed by atoms with Crippen LogP contribution in [0.15, 0.2) is 24.3 Å². The van der Waals surface area contributed by atoms with Gasteiger partial charge in [0.05, 0.1) is 0 Å². The highest BCUT2D eigenvalue weighted by molar-refractivity contribution is 5.69. The van der Waals surface area contributed by atoms with Crippen LogP contribution in [0.2, 0.25) is 0 Å². The van der Waals surface area contributed by atoms with Crippen molar-refractivity contribution in [3.63, 3.8) is 0 Å². The summed E-state index contributed by atoms with van der Waals surface area (Å²) in [5.41, 5.74) is 1.07. The Morgan fingerprint density at radius 2 is 1.76 bits per heavy atom. The van der Waals surface area contributed by atoms with E-state index < -0.39 is 0 Å². The van der Waals surface area contributed by atoms with Crippen molar-refractivity contribution in [3.05, 3.63) is 29.8 Å². The van der Waals surface area contributed by atoms with Gasteiger partial charge < -0.3 is 9.47 Å². The zero-order valence-electron chi connectivity index (χ0n) is 16.3. The molecule has 0 unspecified atom stereocenters. The Hall–Kier alpha value is -1.51. The molecule has 1 aliphatic carbocycles. The first-order valence-electron chi connectivity index (χ1n) is 9.87. The van der Waals surface area contributed by atoms with Crippen LogP contribution in [0.25, 0.3) is 0 Å². The monoisotopic (exact) mass is 346 g/mol. The highest BCUT2D eigenvalue weighted by Gasteiger charge is 2.29. The predicted molar refractivity (Wildman–Crippen MR) is 102 cm³/mol. The number of esters is 1. The second kappa shape index (κ2) is 9.26. The van der Waals surface area contributed by atoms with Crippen LogP contribution in [0.1, 0.15) is 90.5 Å². The summed E-state index contributed by atoms with van der Waals surface area (Å²) in [5.74, 6) is 1.17. The van der Waals surface area contributed by atoms with Crippen molar-refractivity contribution >= 4 is 5.97 Å². The Labute approximate surface area is 153 Å². The van der Waals surface area contributed by atoms with Crippen molar-refractivity contribution in [2.75, 3.05) is 0 Å². The second-order valence-corrected chi connectivity index (χ2v) is 8.16. The van der Waals surface area contributed by atoms with Gasteiger partial charge in [-0.05, 0) is 64.2 Å². The molecule has 1 aromatic carbocycles. The third-order valence-electron chi connectivity index (χ3n) is 4.70. The normalized spacial score (nSPS) is 21.0. The molecule has 140 valence electrons. The van der Waals surface area contributed by atoms with Gasteiger partial charge in [0.15, 0.2) is 0 Å². The Morgan fingerprint density at radius 3 is 2.40 bits per heavy atom. The lowest BCUT2D eigenvalue weighted by Crippen LogP contribution is -2.28. The summed E-state index contributed by atoms with van der Waals surface area (Å²) < 4.78 is 11.8. The molecule has 1 saturated carbocycles. The first-order valence-corrected chi connectivity index (χ1v) is 9.87. The highest BCUT2D eigenvalue weighted by Crippen LogP contribution is 2.36. The van der Waals surface area contributed by atoms with Crippen LogP contribution in [0.5, 0.6) is 5.75 Å². The molecule has 0 heterocycles. The molecule has 3 nitrogen and oxygen atoms in total. The van der Waals surface area contributed by atoms with E-state index in [0.717, 1.165) is 44.3 Å². The fourth-order valence-electron chi connectivity index (χ4n) is 3.50. The molecule has 3 heteroatoms. The van der Waals surface area contributed by atoms with Gasteiger partial charge in [0.2, 0.25) is 0 Å². The molecule has 1 aliphatic rings. The van der Waals surface area contributed by atoms with E-state index in [1.54, 1.807) is 0 Å². The summed E-state index contributed by atoms with van der Waals surface area (Å²) in [4.78, 5) is 12.1. The summed E-state index contributed by atoms with van der Waals surface area (Å²) in [5, 5.41) is 0. The first kappa shape index (κ1) is 19.8. The molecular formula is C22H34O3. The molecule has 0 aliphatic heterocycles. The number of hydrogen-bond donors (Lipinski definition) is 0. The lowest BCUT2D eigenvalue weighted by molar-refractivity contribution is -0.151. The van der Waals surface area contributed by atoms with Crippen LogP contribution < -0.4 is 4.74 Å². The van der Waals surface area contributed by atoms with E-state index in [0.29, 0.717) is 12.3 Å². The number of carbonyl (C=O) groups excluding carboxylic acids is 1. The Kier molecular flexibility index (Phi) is 7.34. The van der Waals surface area contributed by atoms with Crippen LogP contribution in [0.4, 0.5) is 0 Å². The molecule has 0 spiro atoms. The predicted octanol–water partition coefficient (Wildman–Crippen LogP) is 6.01. The van der Waals surface area contributed by atoms with Crippen LogP contribution in [-0.4, -0.2) is 17.7 Å². The van der Waals surface area contributed by atoms with Gasteiger partial charge in [-0.3, -0.25) is 4.79 Å². The van der Waals surface area contributed by atoms with Crippen molar-refractivity contribution in [2.24, 2.45) is 0 Å². The SMILES string of the molecule is CCCCCC(=O)O[C@H]1CCCC[C@@H]1c1ccc(OC(C)(C)C)cc1. The number of hydrogen-bond acceptors (Lipinski definition) is 3. The van der Waals surface area contributed by atoms with E-state index in [2.05, 4.69) is 39.8 Å². The van der Waals surface area contributed by atoms with Gasteiger partial charge in [-0.25, -0.2) is 0 Å². The number of benzene rings is 1. The lowest BCUT2D eigenvalue weighted by Gasteiger charge is -2.32. The summed E-state index contributed by atoms with van der Waals surface area (Å²) in [6.07, 6.45) is 8.15. The molecule has 1 fully saturated rings. The van der Waals surface area contributed by atoms with Gasteiger partial charge in [0.25, 0.3) is 0 Å². The zero-order chi connectivity index (χ0) is 18.3. The van der Waals surface area contributed by atoms with Gasteiger partial charge in [-0.1, -0.05) is 38.3 Å². The molecule has 2 rings (SSSR count). The minimum Gasteiger partial charge on any atom is -0.488 e. The number of ether oxygens (including phenoxy) is 2. The third kappa shape index (κ3) is 6.72. The molecule has 2 atom stereocenters. The van der Waals surface area contributed by atoms with E-state index >= 15 is 0 Å².